The summed E-state index contributed by atoms with van der Waals surface area (Å²) in [5.74, 6) is 0.00408. The number of rotatable bonds is 10. The minimum absolute atomic E-state index is 0.0326. The Kier molecular flexibility index (Phi) is 8.58. The van der Waals surface area contributed by atoms with Crippen molar-refractivity contribution >= 4 is 43.5 Å². The molecule has 1 aliphatic rings. The Bertz CT molecular complexity index is 1400. The van der Waals surface area contributed by atoms with Crippen LogP contribution in [0.2, 0.25) is 0 Å². The fourth-order valence-electron chi connectivity index (χ4n) is 4.16. The minimum Gasteiger partial charge on any atom is -0.454 e. The maximum atomic E-state index is 13.9. The molecule has 0 spiro atoms. The van der Waals surface area contributed by atoms with Crippen molar-refractivity contribution in [3.8, 4) is 11.5 Å². The summed E-state index contributed by atoms with van der Waals surface area (Å²) in [5, 5.41) is 2.66. The predicted octanol–water partition coefficient (Wildman–Crippen LogP) is 3.33. The van der Waals surface area contributed by atoms with Crippen molar-refractivity contribution < 1.29 is 27.5 Å². The van der Waals surface area contributed by atoms with E-state index < -0.39 is 28.5 Å². The molecule has 1 heterocycles. The van der Waals surface area contributed by atoms with Crippen molar-refractivity contribution in [2.45, 2.75) is 19.0 Å². The molecule has 38 heavy (non-hydrogen) atoms. The van der Waals surface area contributed by atoms with Crippen LogP contribution in [0, 0.1) is 0 Å². The highest BCUT2D eigenvalue weighted by atomic mass is 79.9. The van der Waals surface area contributed by atoms with Crippen LogP contribution in [-0.2, 0) is 32.6 Å². The average molecular weight is 603 g/mol. The molecule has 0 saturated heterocycles. The number of benzene rings is 3. The quantitative estimate of drug-likeness (QED) is 0.382. The van der Waals surface area contributed by atoms with E-state index in [-0.39, 0.29) is 31.4 Å². The fraction of sp³-hybridized carbons (Fsp3) is 0.259. The zero-order valence-corrected chi connectivity index (χ0v) is 23.4. The maximum Gasteiger partial charge on any atom is 0.244 e. The number of likely N-dealkylation sites (N-methyl/N-ethyl adjacent to an activating group) is 1. The lowest BCUT2D eigenvalue weighted by molar-refractivity contribution is -0.139. The summed E-state index contributed by atoms with van der Waals surface area (Å²) in [7, 11) is -2.36. The van der Waals surface area contributed by atoms with Gasteiger partial charge in [0.05, 0.1) is 11.9 Å². The highest BCUT2D eigenvalue weighted by Crippen LogP contribution is 2.36. The van der Waals surface area contributed by atoms with Crippen molar-refractivity contribution in [1.29, 1.82) is 0 Å². The van der Waals surface area contributed by atoms with Crippen LogP contribution in [-0.4, -0.2) is 57.8 Å². The Morgan fingerprint density at radius 3 is 2.32 bits per heavy atom. The van der Waals surface area contributed by atoms with E-state index in [0.29, 0.717) is 11.5 Å². The molecule has 1 atom stereocenters. The van der Waals surface area contributed by atoms with Gasteiger partial charge >= 0.3 is 0 Å². The zero-order valence-electron chi connectivity index (χ0n) is 21.0. The summed E-state index contributed by atoms with van der Waals surface area (Å²) in [5.41, 5.74) is 1.91. The normalized spacial score (nSPS) is 13.0. The van der Waals surface area contributed by atoms with E-state index in [9.17, 15) is 18.0 Å². The molecular weight excluding hydrogens is 574 g/mol. The smallest absolute Gasteiger partial charge is 0.244 e. The van der Waals surface area contributed by atoms with Crippen LogP contribution in [0.1, 0.15) is 11.1 Å². The van der Waals surface area contributed by atoms with Gasteiger partial charge in [-0.2, -0.15) is 0 Å². The van der Waals surface area contributed by atoms with Gasteiger partial charge in [-0.05, 0) is 35.4 Å². The van der Waals surface area contributed by atoms with Gasteiger partial charge in [0.1, 0.15) is 12.6 Å². The molecule has 0 fully saturated rings. The number of nitrogens with zero attached hydrogens (tertiary/aromatic N) is 2. The number of hydrogen-bond acceptors (Lipinski definition) is 6. The van der Waals surface area contributed by atoms with Crippen molar-refractivity contribution in [2.75, 3.05) is 30.9 Å². The fourth-order valence-corrected chi connectivity index (χ4v) is 5.27. The van der Waals surface area contributed by atoms with Crippen LogP contribution in [0.15, 0.2) is 77.3 Å². The maximum absolute atomic E-state index is 13.9. The molecule has 200 valence electrons. The molecule has 0 radical (unpaired) electrons. The number of carbonyl (C=O) groups excluding carboxylic acids is 2. The summed E-state index contributed by atoms with van der Waals surface area (Å²) in [6.07, 6.45) is 1.29. The van der Waals surface area contributed by atoms with E-state index in [1.165, 1.54) is 18.0 Å². The molecule has 1 unspecified atom stereocenters. The molecular formula is C27H28BrN3O6S. The number of amides is 2. The SMILES string of the molecule is CNC(=O)C(Cc1ccccc1)N(Cc1ccc(Br)cc1)C(=O)CN(c1ccc2c(c1)OCO2)S(C)(=O)=O. The Labute approximate surface area is 230 Å². The van der Waals surface area contributed by atoms with Crippen molar-refractivity contribution in [1.82, 2.24) is 10.2 Å². The Morgan fingerprint density at radius 2 is 1.66 bits per heavy atom. The minimum atomic E-state index is -3.87. The predicted molar refractivity (Wildman–Crippen MR) is 147 cm³/mol. The molecule has 0 bridgehead atoms. The summed E-state index contributed by atoms with van der Waals surface area (Å²) in [6.45, 7) is -0.363. The molecule has 0 saturated carbocycles. The van der Waals surface area contributed by atoms with E-state index in [1.54, 1.807) is 12.1 Å². The second-order valence-electron chi connectivity index (χ2n) is 8.78. The van der Waals surface area contributed by atoms with Crippen LogP contribution in [0.5, 0.6) is 11.5 Å². The van der Waals surface area contributed by atoms with Crippen LogP contribution < -0.4 is 19.1 Å². The van der Waals surface area contributed by atoms with Gasteiger partial charge in [-0.25, -0.2) is 8.42 Å². The number of carbonyl (C=O) groups is 2. The highest BCUT2D eigenvalue weighted by Gasteiger charge is 2.33. The lowest BCUT2D eigenvalue weighted by Gasteiger charge is -2.33. The third-order valence-electron chi connectivity index (χ3n) is 6.11. The van der Waals surface area contributed by atoms with E-state index in [1.807, 2.05) is 54.6 Å². The first-order valence-electron chi connectivity index (χ1n) is 11.8. The first-order valence-corrected chi connectivity index (χ1v) is 14.5. The highest BCUT2D eigenvalue weighted by molar-refractivity contribution is 9.10. The molecule has 1 N–H and O–H groups in total. The second-order valence-corrected chi connectivity index (χ2v) is 11.6. The topological polar surface area (TPSA) is 105 Å². The summed E-state index contributed by atoms with van der Waals surface area (Å²) in [4.78, 5) is 28.4. The number of ether oxygens (including phenoxy) is 2. The number of hydrogen-bond donors (Lipinski definition) is 1. The van der Waals surface area contributed by atoms with Crippen molar-refractivity contribution in [3.63, 3.8) is 0 Å². The zero-order chi connectivity index (χ0) is 27.3. The van der Waals surface area contributed by atoms with E-state index in [2.05, 4.69) is 21.2 Å². The molecule has 2 amide bonds. The summed E-state index contributed by atoms with van der Waals surface area (Å²) >= 11 is 3.41. The second kappa shape index (κ2) is 11.9. The molecule has 3 aromatic carbocycles. The Hall–Kier alpha value is -3.57. The first kappa shape index (κ1) is 27.5. The lowest BCUT2D eigenvalue weighted by atomic mass is 10.0. The average Bonchev–Trinajstić information content (AvgIpc) is 3.37. The number of anilines is 1. The Balaban J connectivity index is 1.70. The number of fused-ring (bicyclic) bond motifs is 1. The molecule has 4 rings (SSSR count). The third kappa shape index (κ3) is 6.65. The largest absolute Gasteiger partial charge is 0.454 e. The van der Waals surface area contributed by atoms with Gasteiger partial charge in [0, 0.05) is 30.6 Å². The molecule has 3 aromatic rings. The summed E-state index contributed by atoms with van der Waals surface area (Å²) in [6, 6.07) is 20.6. The molecule has 11 heteroatoms. The third-order valence-corrected chi connectivity index (χ3v) is 7.78. The van der Waals surface area contributed by atoms with Crippen LogP contribution in [0.3, 0.4) is 0 Å². The van der Waals surface area contributed by atoms with E-state index >= 15 is 0 Å². The van der Waals surface area contributed by atoms with Gasteiger partial charge in [-0.15, -0.1) is 0 Å². The van der Waals surface area contributed by atoms with Crippen molar-refractivity contribution in [3.05, 3.63) is 88.4 Å². The van der Waals surface area contributed by atoms with Gasteiger partial charge in [0.15, 0.2) is 11.5 Å². The van der Waals surface area contributed by atoms with Gasteiger partial charge in [0.25, 0.3) is 0 Å². The van der Waals surface area contributed by atoms with Crippen LogP contribution in [0.25, 0.3) is 0 Å². The number of sulfonamides is 1. The van der Waals surface area contributed by atoms with Crippen LogP contribution >= 0.6 is 15.9 Å². The molecule has 0 aliphatic carbocycles. The van der Waals surface area contributed by atoms with Gasteiger partial charge < -0.3 is 19.7 Å². The summed E-state index contributed by atoms with van der Waals surface area (Å²) < 4.78 is 38.3. The molecule has 1 aliphatic heterocycles. The lowest BCUT2D eigenvalue weighted by Crippen LogP contribution is -2.52. The van der Waals surface area contributed by atoms with Gasteiger partial charge in [0.2, 0.25) is 28.6 Å². The number of halogens is 1. The van der Waals surface area contributed by atoms with E-state index in [4.69, 9.17) is 9.47 Å². The van der Waals surface area contributed by atoms with Crippen molar-refractivity contribution in [2.24, 2.45) is 0 Å². The van der Waals surface area contributed by atoms with Gasteiger partial charge in [-0.1, -0.05) is 58.4 Å². The molecule has 9 nitrogen and oxygen atoms in total. The van der Waals surface area contributed by atoms with E-state index in [0.717, 1.165) is 26.2 Å². The molecule has 0 aromatic heterocycles. The Morgan fingerprint density at radius 1 is 0.974 bits per heavy atom. The first-order chi connectivity index (χ1) is 18.2. The van der Waals surface area contributed by atoms with Crippen LogP contribution in [0.4, 0.5) is 5.69 Å². The monoisotopic (exact) mass is 601 g/mol. The van der Waals surface area contributed by atoms with Gasteiger partial charge in [-0.3, -0.25) is 13.9 Å². The number of nitrogens with one attached hydrogen (secondary N) is 1. The standard InChI is InChI=1S/C27H28BrN3O6S/c1-29-27(33)23(14-19-6-4-3-5-7-19)30(16-20-8-10-21(28)11-9-20)26(32)17-31(38(2,34)35)22-12-13-24-25(15-22)37-18-36-24/h3-13,15,23H,14,16-18H2,1-2H3,(H,29,33).